The SMILES string of the molecule is CCC(C)(C)c1cc(C)ccc1Cc1cc(C(C)(C)CC)c(OP(O)O)c(C(C)(C)CC)c1-c1ccc(C)cc1C(C)(C)CC. The van der Waals surface area contributed by atoms with Crippen LogP contribution in [0.4, 0.5) is 0 Å². The molecule has 0 amide bonds. The number of benzene rings is 3. The van der Waals surface area contributed by atoms with Gasteiger partial charge in [0, 0.05) is 11.1 Å². The second kappa shape index (κ2) is 13.9. The van der Waals surface area contributed by atoms with E-state index in [1.54, 1.807) is 0 Å². The van der Waals surface area contributed by atoms with E-state index < -0.39 is 8.60 Å². The Hall–Kier alpha value is -2.19. The van der Waals surface area contributed by atoms with Crippen molar-refractivity contribution in [3.8, 4) is 16.9 Å². The Morgan fingerprint density at radius 2 is 1.04 bits per heavy atom. The highest BCUT2D eigenvalue weighted by molar-refractivity contribution is 7.39. The van der Waals surface area contributed by atoms with Gasteiger partial charge in [0.2, 0.25) is 0 Å². The Morgan fingerprint density at radius 1 is 0.578 bits per heavy atom. The van der Waals surface area contributed by atoms with Crippen LogP contribution in [0.15, 0.2) is 42.5 Å². The maximum Gasteiger partial charge on any atom is 0.391 e. The third-order valence-corrected chi connectivity index (χ3v) is 11.4. The van der Waals surface area contributed by atoms with Crippen LogP contribution >= 0.6 is 8.60 Å². The minimum absolute atomic E-state index is 0.0322. The topological polar surface area (TPSA) is 49.7 Å². The number of hydrogen-bond acceptors (Lipinski definition) is 3. The number of rotatable bonds is 13. The summed E-state index contributed by atoms with van der Waals surface area (Å²) in [4.78, 5) is 20.9. The molecule has 0 saturated carbocycles. The van der Waals surface area contributed by atoms with Gasteiger partial charge in [-0.15, -0.1) is 0 Å². The third kappa shape index (κ3) is 7.86. The van der Waals surface area contributed by atoms with Crippen molar-refractivity contribution < 1.29 is 14.3 Å². The lowest BCUT2D eigenvalue weighted by Gasteiger charge is -2.37. The first-order valence-corrected chi connectivity index (χ1v) is 18.2. The van der Waals surface area contributed by atoms with Gasteiger partial charge in [-0.1, -0.05) is 137 Å². The Kier molecular flexibility index (Phi) is 11.5. The highest BCUT2D eigenvalue weighted by Gasteiger charge is 2.37. The summed E-state index contributed by atoms with van der Waals surface area (Å²) in [6.07, 6.45) is 4.59. The minimum atomic E-state index is -2.62. The summed E-state index contributed by atoms with van der Waals surface area (Å²) in [5.74, 6) is 0.641. The van der Waals surface area contributed by atoms with Gasteiger partial charge in [0.25, 0.3) is 0 Å². The summed E-state index contributed by atoms with van der Waals surface area (Å²) in [6, 6.07) is 16.2. The van der Waals surface area contributed by atoms with Crippen LogP contribution in [-0.2, 0) is 28.1 Å². The fourth-order valence-corrected chi connectivity index (χ4v) is 6.71. The molecule has 3 aromatic carbocycles. The Bertz CT molecular complexity index is 1490. The molecule has 0 heterocycles. The molecule has 0 spiro atoms. The second-order valence-corrected chi connectivity index (χ2v) is 16.5. The molecule has 0 bridgehead atoms. The van der Waals surface area contributed by atoms with E-state index in [4.69, 9.17) is 4.52 Å². The highest BCUT2D eigenvalue weighted by atomic mass is 31.2. The molecule has 0 radical (unpaired) electrons. The van der Waals surface area contributed by atoms with Gasteiger partial charge < -0.3 is 14.3 Å². The first-order chi connectivity index (χ1) is 20.8. The first-order valence-electron chi connectivity index (χ1n) is 17.0. The lowest BCUT2D eigenvalue weighted by atomic mass is 9.68. The van der Waals surface area contributed by atoms with Crippen LogP contribution in [0.25, 0.3) is 11.1 Å². The fourth-order valence-electron chi connectivity index (χ4n) is 6.36. The lowest BCUT2D eigenvalue weighted by Crippen LogP contribution is -2.26. The molecule has 0 saturated heterocycles. The van der Waals surface area contributed by atoms with Crippen LogP contribution in [0.3, 0.4) is 0 Å². The number of aryl methyl sites for hydroxylation is 2. The van der Waals surface area contributed by atoms with Crippen molar-refractivity contribution in [1.82, 2.24) is 0 Å². The van der Waals surface area contributed by atoms with Crippen molar-refractivity contribution in [3.63, 3.8) is 0 Å². The Balaban J connectivity index is 2.68. The van der Waals surface area contributed by atoms with E-state index >= 15 is 0 Å². The average molecular weight is 633 g/mol. The zero-order valence-electron chi connectivity index (χ0n) is 30.8. The molecule has 0 unspecified atom stereocenters. The summed E-state index contributed by atoms with van der Waals surface area (Å²) in [7, 11) is -2.62. The minimum Gasteiger partial charge on any atom is -0.426 e. The maximum absolute atomic E-state index is 10.4. The van der Waals surface area contributed by atoms with Gasteiger partial charge in [0.1, 0.15) is 5.75 Å². The van der Waals surface area contributed by atoms with E-state index in [9.17, 15) is 9.79 Å². The molecule has 0 aliphatic rings. The van der Waals surface area contributed by atoms with Crippen LogP contribution < -0.4 is 4.52 Å². The largest absolute Gasteiger partial charge is 0.426 e. The highest BCUT2D eigenvalue weighted by Crippen LogP contribution is 2.53. The summed E-state index contributed by atoms with van der Waals surface area (Å²) in [6.45, 7) is 31.8. The van der Waals surface area contributed by atoms with Crippen molar-refractivity contribution in [1.29, 1.82) is 0 Å². The molecule has 0 aromatic heterocycles. The molecule has 0 atom stereocenters. The lowest BCUT2D eigenvalue weighted by molar-refractivity contribution is 0.358. The van der Waals surface area contributed by atoms with Crippen molar-refractivity contribution in [2.45, 2.75) is 151 Å². The zero-order valence-corrected chi connectivity index (χ0v) is 31.7. The molecule has 3 nitrogen and oxygen atoms in total. The summed E-state index contributed by atoms with van der Waals surface area (Å²) < 4.78 is 6.18. The Labute approximate surface area is 276 Å². The predicted molar refractivity (Wildman–Crippen MR) is 196 cm³/mol. The van der Waals surface area contributed by atoms with E-state index in [0.29, 0.717) is 5.75 Å². The molecule has 2 N–H and O–H groups in total. The fraction of sp³-hybridized carbons (Fsp3) is 0.561. The molecule has 3 rings (SSSR count). The van der Waals surface area contributed by atoms with Crippen LogP contribution in [0.5, 0.6) is 5.75 Å². The predicted octanol–water partition coefficient (Wildman–Crippen LogP) is 11.9. The Morgan fingerprint density at radius 3 is 1.56 bits per heavy atom. The van der Waals surface area contributed by atoms with E-state index in [2.05, 4.69) is 139 Å². The number of hydrogen-bond donors (Lipinski definition) is 2. The van der Waals surface area contributed by atoms with E-state index in [-0.39, 0.29) is 21.7 Å². The van der Waals surface area contributed by atoms with E-state index in [1.165, 1.54) is 44.5 Å². The molecule has 3 aromatic rings. The summed E-state index contributed by atoms with van der Waals surface area (Å²) in [5.41, 5.74) is 11.8. The molecule has 248 valence electrons. The molecule has 4 heteroatoms. The van der Waals surface area contributed by atoms with Crippen LogP contribution in [0.1, 0.15) is 153 Å². The molecule has 0 fully saturated rings. The van der Waals surface area contributed by atoms with Crippen LogP contribution in [-0.4, -0.2) is 9.79 Å². The maximum atomic E-state index is 10.4. The molecule has 45 heavy (non-hydrogen) atoms. The smallest absolute Gasteiger partial charge is 0.391 e. The molecule has 0 aliphatic carbocycles. The van der Waals surface area contributed by atoms with Gasteiger partial charge in [-0.25, -0.2) is 0 Å². The monoisotopic (exact) mass is 632 g/mol. The van der Waals surface area contributed by atoms with Crippen molar-refractivity contribution in [2.24, 2.45) is 0 Å². The summed E-state index contributed by atoms with van der Waals surface area (Å²) >= 11 is 0. The van der Waals surface area contributed by atoms with E-state index in [1.807, 2.05) is 0 Å². The zero-order chi connectivity index (χ0) is 34.1. The van der Waals surface area contributed by atoms with Crippen molar-refractivity contribution in [3.05, 3.63) is 87.0 Å². The third-order valence-electron chi connectivity index (χ3n) is 11.0. The summed E-state index contributed by atoms with van der Waals surface area (Å²) in [5, 5.41) is 0. The van der Waals surface area contributed by atoms with Gasteiger partial charge >= 0.3 is 8.60 Å². The molecule has 0 aliphatic heterocycles. The van der Waals surface area contributed by atoms with Gasteiger partial charge in [0.05, 0.1) is 0 Å². The van der Waals surface area contributed by atoms with Gasteiger partial charge in [-0.2, -0.15) is 0 Å². The quantitative estimate of drug-likeness (QED) is 0.184. The van der Waals surface area contributed by atoms with Gasteiger partial charge in [-0.05, 0) is 101 Å². The molecular weight excluding hydrogens is 571 g/mol. The second-order valence-electron chi connectivity index (χ2n) is 15.8. The standard InChI is InChI=1S/C41H61O3P/c1-15-38(7,8)32-23-27(5)19-21-29(32)25-30-26-34(40(11,12)17-3)37(44-45(42)43)36(41(13,14)18-4)35(30)31-22-20-28(6)24-33(31)39(9,10)16-2/h19-24,26,42-43H,15-18,25H2,1-14H3. The van der Waals surface area contributed by atoms with E-state index in [0.717, 1.165) is 43.2 Å². The first kappa shape index (κ1) is 37.3. The average Bonchev–Trinajstić information content (AvgIpc) is 2.97. The van der Waals surface area contributed by atoms with Crippen molar-refractivity contribution >= 4 is 8.60 Å². The van der Waals surface area contributed by atoms with Crippen molar-refractivity contribution in [2.75, 3.05) is 0 Å². The van der Waals surface area contributed by atoms with Gasteiger partial charge in [-0.3, -0.25) is 0 Å². The van der Waals surface area contributed by atoms with Gasteiger partial charge in [0.15, 0.2) is 0 Å². The normalized spacial score (nSPS) is 13.1. The van der Waals surface area contributed by atoms with Crippen LogP contribution in [0.2, 0.25) is 0 Å². The molecular formula is C41H61O3P. The van der Waals surface area contributed by atoms with Crippen LogP contribution in [0, 0.1) is 13.8 Å².